The fraction of sp³-hybridized carbons (Fsp3) is 0.692. The largest absolute Gasteiger partial charge is 0.346 e. The van der Waals surface area contributed by atoms with E-state index < -0.39 is 0 Å². The van der Waals surface area contributed by atoms with Crippen molar-refractivity contribution in [1.82, 2.24) is 9.88 Å². The summed E-state index contributed by atoms with van der Waals surface area (Å²) in [5.74, 6) is 0.394. The molecular weight excluding hydrogens is 244 g/mol. The third kappa shape index (κ3) is 2.82. The van der Waals surface area contributed by atoms with Gasteiger partial charge in [-0.1, -0.05) is 13.8 Å². The summed E-state index contributed by atoms with van der Waals surface area (Å²) in [5.41, 5.74) is 1.11. The molecule has 0 radical (unpaired) electrons. The van der Waals surface area contributed by atoms with Crippen LogP contribution in [0.25, 0.3) is 0 Å². The highest BCUT2D eigenvalue weighted by Gasteiger charge is 2.20. The highest BCUT2D eigenvalue weighted by atomic mass is 32.1. The van der Waals surface area contributed by atoms with Gasteiger partial charge < -0.3 is 9.80 Å². The van der Waals surface area contributed by atoms with Crippen LogP contribution in [0.2, 0.25) is 0 Å². The Morgan fingerprint density at radius 3 is 2.56 bits per heavy atom. The molecule has 1 aliphatic heterocycles. The van der Waals surface area contributed by atoms with Crippen molar-refractivity contribution in [3.8, 4) is 6.07 Å². The Balaban J connectivity index is 2.18. The third-order valence-corrected chi connectivity index (χ3v) is 4.41. The molecule has 0 aliphatic carbocycles. The average Bonchev–Trinajstić information content (AvgIpc) is 2.75. The van der Waals surface area contributed by atoms with Crippen LogP contribution in [0.3, 0.4) is 0 Å². The van der Waals surface area contributed by atoms with Gasteiger partial charge in [0.1, 0.15) is 0 Å². The lowest BCUT2D eigenvalue weighted by Crippen LogP contribution is -2.44. The molecule has 2 heterocycles. The van der Waals surface area contributed by atoms with Crippen molar-refractivity contribution in [2.24, 2.45) is 0 Å². The number of hydrogen-bond acceptors (Lipinski definition) is 5. The Morgan fingerprint density at radius 1 is 1.33 bits per heavy atom. The standard InChI is InChI=1S/C13H20N4S/c1-10(2)12-11(4-5-14)18-13(15-12)17-8-6-16(3)7-9-17/h10H,4,6-9H2,1-3H3. The van der Waals surface area contributed by atoms with Gasteiger partial charge in [-0.15, -0.1) is 11.3 Å². The maximum Gasteiger partial charge on any atom is 0.185 e. The molecule has 0 N–H and O–H groups in total. The van der Waals surface area contributed by atoms with E-state index in [1.807, 2.05) is 0 Å². The zero-order valence-electron chi connectivity index (χ0n) is 11.3. The summed E-state index contributed by atoms with van der Waals surface area (Å²) in [7, 11) is 2.15. The van der Waals surface area contributed by atoms with Crippen molar-refractivity contribution in [2.75, 3.05) is 38.1 Å². The van der Waals surface area contributed by atoms with Crippen molar-refractivity contribution < 1.29 is 0 Å². The highest BCUT2D eigenvalue weighted by molar-refractivity contribution is 7.15. The number of nitrogens with zero attached hydrogens (tertiary/aromatic N) is 4. The number of thiazole rings is 1. The molecule has 0 bridgehead atoms. The van der Waals surface area contributed by atoms with Crippen LogP contribution >= 0.6 is 11.3 Å². The van der Waals surface area contributed by atoms with Crippen LogP contribution in [-0.4, -0.2) is 43.1 Å². The third-order valence-electron chi connectivity index (χ3n) is 3.28. The lowest BCUT2D eigenvalue weighted by Gasteiger charge is -2.32. The van der Waals surface area contributed by atoms with E-state index >= 15 is 0 Å². The van der Waals surface area contributed by atoms with E-state index in [1.165, 1.54) is 0 Å². The van der Waals surface area contributed by atoms with Crippen LogP contribution in [0.1, 0.15) is 30.3 Å². The molecule has 1 aromatic heterocycles. The Hall–Kier alpha value is -1.12. The summed E-state index contributed by atoms with van der Waals surface area (Å²) < 4.78 is 0. The van der Waals surface area contributed by atoms with Crippen LogP contribution in [0.5, 0.6) is 0 Å². The Labute approximate surface area is 113 Å². The zero-order chi connectivity index (χ0) is 13.1. The first-order valence-corrected chi connectivity index (χ1v) is 7.23. The minimum atomic E-state index is 0.394. The van der Waals surface area contributed by atoms with E-state index in [9.17, 15) is 0 Å². The number of anilines is 1. The number of hydrogen-bond donors (Lipinski definition) is 0. The molecule has 2 rings (SSSR count). The smallest absolute Gasteiger partial charge is 0.185 e. The van der Waals surface area contributed by atoms with E-state index in [0.717, 1.165) is 41.9 Å². The van der Waals surface area contributed by atoms with Crippen LogP contribution in [0.15, 0.2) is 0 Å². The summed E-state index contributed by atoms with van der Waals surface area (Å²) in [6, 6.07) is 2.25. The summed E-state index contributed by atoms with van der Waals surface area (Å²) in [5, 5.41) is 9.98. The molecule has 5 heteroatoms. The maximum atomic E-state index is 8.89. The molecule has 0 aromatic carbocycles. The lowest BCUT2D eigenvalue weighted by molar-refractivity contribution is 0.312. The fourth-order valence-corrected chi connectivity index (χ4v) is 3.33. The van der Waals surface area contributed by atoms with Gasteiger partial charge in [-0.3, -0.25) is 0 Å². The quantitative estimate of drug-likeness (QED) is 0.838. The predicted molar refractivity (Wildman–Crippen MR) is 75.2 cm³/mol. The van der Waals surface area contributed by atoms with Crippen molar-refractivity contribution in [2.45, 2.75) is 26.2 Å². The first-order valence-electron chi connectivity index (χ1n) is 6.42. The first kappa shape index (κ1) is 13.3. The van der Waals surface area contributed by atoms with Gasteiger partial charge in [0.25, 0.3) is 0 Å². The van der Waals surface area contributed by atoms with Gasteiger partial charge in [-0.05, 0) is 13.0 Å². The first-order chi connectivity index (χ1) is 8.61. The predicted octanol–water partition coefficient (Wildman–Crippen LogP) is 2.08. The van der Waals surface area contributed by atoms with E-state index in [1.54, 1.807) is 11.3 Å². The molecule has 0 unspecified atom stereocenters. The topological polar surface area (TPSA) is 43.2 Å². The molecule has 1 saturated heterocycles. The van der Waals surface area contributed by atoms with Crippen LogP contribution in [0, 0.1) is 11.3 Å². The van der Waals surface area contributed by atoms with E-state index in [2.05, 4.69) is 36.8 Å². The van der Waals surface area contributed by atoms with Crippen LogP contribution < -0.4 is 4.90 Å². The summed E-state index contributed by atoms with van der Waals surface area (Å²) in [4.78, 5) is 10.6. The van der Waals surface area contributed by atoms with Gasteiger partial charge in [-0.2, -0.15) is 5.26 Å². The molecule has 0 saturated carbocycles. The van der Waals surface area contributed by atoms with E-state index in [4.69, 9.17) is 10.2 Å². The maximum absolute atomic E-state index is 8.89. The highest BCUT2D eigenvalue weighted by Crippen LogP contribution is 2.31. The number of piperazine rings is 1. The molecule has 18 heavy (non-hydrogen) atoms. The number of rotatable bonds is 3. The fourth-order valence-electron chi connectivity index (χ4n) is 2.13. The van der Waals surface area contributed by atoms with Crippen LogP contribution in [0.4, 0.5) is 5.13 Å². The van der Waals surface area contributed by atoms with E-state index in [-0.39, 0.29) is 0 Å². The zero-order valence-corrected chi connectivity index (χ0v) is 12.1. The molecule has 1 aliphatic rings. The van der Waals surface area contributed by atoms with Crippen LogP contribution in [-0.2, 0) is 6.42 Å². The molecule has 1 fully saturated rings. The normalized spacial score (nSPS) is 17.2. The van der Waals surface area contributed by atoms with Crippen molar-refractivity contribution >= 4 is 16.5 Å². The van der Waals surface area contributed by atoms with Gasteiger partial charge in [0, 0.05) is 31.1 Å². The van der Waals surface area contributed by atoms with Gasteiger partial charge in [0.2, 0.25) is 0 Å². The average molecular weight is 264 g/mol. The second kappa shape index (κ2) is 5.68. The number of likely N-dealkylation sites (N-methyl/N-ethyl adjacent to an activating group) is 1. The summed E-state index contributed by atoms with van der Waals surface area (Å²) in [6.45, 7) is 8.53. The number of aromatic nitrogens is 1. The molecule has 4 nitrogen and oxygen atoms in total. The minimum Gasteiger partial charge on any atom is -0.346 e. The van der Waals surface area contributed by atoms with Gasteiger partial charge in [0.05, 0.1) is 18.2 Å². The van der Waals surface area contributed by atoms with Crippen molar-refractivity contribution in [1.29, 1.82) is 5.26 Å². The molecular formula is C13H20N4S. The Kier molecular flexibility index (Phi) is 4.20. The second-order valence-electron chi connectivity index (χ2n) is 5.08. The van der Waals surface area contributed by atoms with Gasteiger partial charge in [0.15, 0.2) is 5.13 Å². The van der Waals surface area contributed by atoms with Crippen molar-refractivity contribution in [3.63, 3.8) is 0 Å². The lowest BCUT2D eigenvalue weighted by atomic mass is 10.1. The SMILES string of the molecule is CC(C)c1nc(N2CCN(C)CC2)sc1CC#N. The van der Waals surface area contributed by atoms with Gasteiger partial charge in [-0.25, -0.2) is 4.98 Å². The minimum absolute atomic E-state index is 0.394. The molecule has 98 valence electrons. The van der Waals surface area contributed by atoms with Crippen molar-refractivity contribution in [3.05, 3.63) is 10.6 Å². The second-order valence-corrected chi connectivity index (χ2v) is 6.15. The van der Waals surface area contributed by atoms with E-state index in [0.29, 0.717) is 12.3 Å². The monoisotopic (exact) mass is 264 g/mol. The number of nitriles is 1. The molecule has 0 atom stereocenters. The molecule has 0 spiro atoms. The molecule has 1 aromatic rings. The summed E-state index contributed by atoms with van der Waals surface area (Å²) >= 11 is 1.69. The Bertz CT molecular complexity index is 438. The Morgan fingerprint density at radius 2 is 2.00 bits per heavy atom. The van der Waals surface area contributed by atoms with Gasteiger partial charge >= 0.3 is 0 Å². The molecule has 0 amide bonds. The summed E-state index contributed by atoms with van der Waals surface area (Å²) in [6.07, 6.45) is 0.485.